The van der Waals surface area contributed by atoms with Crippen LogP contribution >= 0.6 is 11.8 Å². The summed E-state index contributed by atoms with van der Waals surface area (Å²) in [6.07, 6.45) is 1.74. The Hall–Kier alpha value is -2.01. The van der Waals surface area contributed by atoms with Crippen molar-refractivity contribution in [2.24, 2.45) is 0 Å². The number of benzene rings is 1. The van der Waals surface area contributed by atoms with Crippen LogP contribution in [0.2, 0.25) is 0 Å². The molecule has 0 radical (unpaired) electrons. The largest absolute Gasteiger partial charge is 0.489 e. The fraction of sp³-hybridized carbons (Fsp3) is 0.200. The highest BCUT2D eigenvalue weighted by atomic mass is 32.2. The number of anilines is 1. The highest BCUT2D eigenvalue weighted by Gasteiger charge is 2.25. The lowest BCUT2D eigenvalue weighted by molar-refractivity contribution is 0.332. The highest BCUT2D eigenvalue weighted by Crippen LogP contribution is 2.45. The molecule has 0 bridgehead atoms. The molecular formula is C15H13NO3S. The van der Waals surface area contributed by atoms with Gasteiger partial charge in [0.1, 0.15) is 0 Å². The molecule has 2 aromatic carbocycles. The standard InChI is InChI=1S/C15H13NO3S/c1-3-19-15-9(13(17)14(15)18)8-12-16(2)10-6-4-5-7-11(10)20-12/h4-8H,3H2,1-2H3/b12-8-. The molecule has 0 saturated carbocycles. The molecule has 102 valence electrons. The first-order valence-electron chi connectivity index (χ1n) is 6.32. The molecule has 1 aliphatic heterocycles. The summed E-state index contributed by atoms with van der Waals surface area (Å²) in [5, 5.41) is 0.916. The fourth-order valence-corrected chi connectivity index (χ4v) is 3.27. The second kappa shape index (κ2) is 4.83. The Bertz CT molecular complexity index is 772. The Morgan fingerprint density at radius 3 is 2.70 bits per heavy atom. The average molecular weight is 287 g/mol. The normalized spacial score (nSPS) is 15.9. The van der Waals surface area contributed by atoms with Gasteiger partial charge in [0.15, 0.2) is 5.75 Å². The van der Waals surface area contributed by atoms with Gasteiger partial charge in [0.25, 0.3) is 5.43 Å². The second-order valence-corrected chi connectivity index (χ2v) is 5.51. The second-order valence-electron chi connectivity index (χ2n) is 4.45. The van der Waals surface area contributed by atoms with Gasteiger partial charge in [0.05, 0.1) is 22.9 Å². The summed E-state index contributed by atoms with van der Waals surface area (Å²) in [6.45, 7) is 2.17. The zero-order chi connectivity index (χ0) is 14.3. The van der Waals surface area contributed by atoms with Crippen LogP contribution in [0.15, 0.2) is 43.8 Å². The molecule has 0 aromatic heterocycles. The van der Waals surface area contributed by atoms with E-state index in [1.165, 1.54) is 0 Å². The summed E-state index contributed by atoms with van der Waals surface area (Å²) in [5.41, 5.74) is 0.479. The lowest BCUT2D eigenvalue weighted by atomic mass is 10.1. The van der Waals surface area contributed by atoms with Gasteiger partial charge in [-0.3, -0.25) is 9.59 Å². The van der Waals surface area contributed by atoms with Crippen LogP contribution in [0.1, 0.15) is 12.5 Å². The number of hydrogen-bond acceptors (Lipinski definition) is 5. The zero-order valence-electron chi connectivity index (χ0n) is 11.2. The molecule has 0 aliphatic carbocycles. The molecule has 1 heterocycles. The molecule has 3 rings (SSSR count). The first kappa shape index (κ1) is 13.0. The van der Waals surface area contributed by atoms with Crippen LogP contribution in [0.5, 0.6) is 5.75 Å². The number of fused-ring (bicyclic) bond motifs is 1. The summed E-state index contributed by atoms with van der Waals surface area (Å²) in [6, 6.07) is 8.00. The maximum absolute atomic E-state index is 11.7. The minimum atomic E-state index is -0.526. The zero-order valence-corrected chi connectivity index (χ0v) is 12.0. The topological polar surface area (TPSA) is 46.6 Å². The van der Waals surface area contributed by atoms with Crippen LogP contribution in [0, 0.1) is 0 Å². The monoisotopic (exact) mass is 287 g/mol. The van der Waals surface area contributed by atoms with Crippen LogP contribution in [0.4, 0.5) is 5.69 Å². The Labute approximate surface area is 120 Å². The third-order valence-corrected chi connectivity index (χ3v) is 4.40. The van der Waals surface area contributed by atoms with Crippen molar-refractivity contribution in [3.63, 3.8) is 0 Å². The molecule has 0 fully saturated rings. The third kappa shape index (κ3) is 1.86. The van der Waals surface area contributed by atoms with E-state index in [4.69, 9.17) is 4.74 Å². The minimum absolute atomic E-state index is 0.190. The van der Waals surface area contributed by atoms with Crippen molar-refractivity contribution in [2.75, 3.05) is 18.6 Å². The van der Waals surface area contributed by atoms with Crippen LogP contribution in [-0.4, -0.2) is 13.7 Å². The van der Waals surface area contributed by atoms with Crippen molar-refractivity contribution in [1.82, 2.24) is 0 Å². The van der Waals surface area contributed by atoms with Gasteiger partial charge < -0.3 is 9.64 Å². The lowest BCUT2D eigenvalue weighted by Crippen LogP contribution is -2.35. The van der Waals surface area contributed by atoms with Crippen molar-refractivity contribution >= 4 is 23.5 Å². The molecule has 1 aliphatic rings. The summed E-state index contributed by atoms with van der Waals surface area (Å²) >= 11 is 1.58. The van der Waals surface area contributed by atoms with E-state index in [0.717, 1.165) is 15.6 Å². The molecular weight excluding hydrogens is 274 g/mol. The van der Waals surface area contributed by atoms with Crippen molar-refractivity contribution in [1.29, 1.82) is 0 Å². The molecule has 0 atom stereocenters. The molecule has 0 spiro atoms. The molecule has 0 N–H and O–H groups in total. The molecule has 5 heteroatoms. The van der Waals surface area contributed by atoms with E-state index >= 15 is 0 Å². The van der Waals surface area contributed by atoms with Crippen LogP contribution in [0.25, 0.3) is 6.08 Å². The van der Waals surface area contributed by atoms with E-state index in [0.29, 0.717) is 12.2 Å². The van der Waals surface area contributed by atoms with Crippen LogP contribution < -0.4 is 20.5 Å². The maximum atomic E-state index is 11.7. The maximum Gasteiger partial charge on any atom is 0.268 e. The van der Waals surface area contributed by atoms with E-state index < -0.39 is 10.9 Å². The molecule has 0 saturated heterocycles. The van der Waals surface area contributed by atoms with Crippen LogP contribution in [-0.2, 0) is 0 Å². The van der Waals surface area contributed by atoms with Gasteiger partial charge in [-0.2, -0.15) is 0 Å². The molecule has 0 amide bonds. The molecule has 2 aromatic rings. The first-order chi connectivity index (χ1) is 9.63. The fourth-order valence-electron chi connectivity index (χ4n) is 2.18. The summed E-state index contributed by atoms with van der Waals surface area (Å²) < 4.78 is 5.23. The number of rotatable bonds is 3. The molecule has 4 nitrogen and oxygen atoms in total. The van der Waals surface area contributed by atoms with Crippen molar-refractivity contribution in [3.8, 4) is 5.75 Å². The van der Waals surface area contributed by atoms with E-state index in [9.17, 15) is 9.59 Å². The first-order valence-corrected chi connectivity index (χ1v) is 7.13. The van der Waals surface area contributed by atoms with Gasteiger partial charge in [-0.25, -0.2) is 0 Å². The van der Waals surface area contributed by atoms with Crippen LogP contribution in [0.3, 0.4) is 0 Å². The number of ether oxygens (including phenoxy) is 1. The average Bonchev–Trinajstić information content (AvgIpc) is 2.79. The minimum Gasteiger partial charge on any atom is -0.489 e. The Morgan fingerprint density at radius 2 is 2.00 bits per heavy atom. The number of hydrogen-bond donors (Lipinski definition) is 0. The SMILES string of the molecule is CCOc1c(/C=C2\Sc3ccccc3N2C)c(=O)c1=O. The van der Waals surface area contributed by atoms with Gasteiger partial charge in [-0.05, 0) is 25.1 Å². The van der Waals surface area contributed by atoms with Crippen molar-refractivity contribution < 1.29 is 4.74 Å². The Morgan fingerprint density at radius 1 is 1.25 bits per heavy atom. The number of thioether (sulfide) groups is 1. The van der Waals surface area contributed by atoms with Gasteiger partial charge in [-0.1, -0.05) is 23.9 Å². The number of nitrogens with zero attached hydrogens (tertiary/aromatic N) is 1. The van der Waals surface area contributed by atoms with Crippen molar-refractivity contribution in [3.05, 3.63) is 55.3 Å². The van der Waals surface area contributed by atoms with E-state index in [-0.39, 0.29) is 5.75 Å². The van der Waals surface area contributed by atoms with Gasteiger partial charge in [-0.15, -0.1) is 0 Å². The quantitative estimate of drug-likeness (QED) is 0.810. The van der Waals surface area contributed by atoms with E-state index in [2.05, 4.69) is 0 Å². The summed E-state index contributed by atoms with van der Waals surface area (Å²) in [7, 11) is 1.94. The molecule has 0 unspecified atom stereocenters. The summed E-state index contributed by atoms with van der Waals surface area (Å²) in [4.78, 5) is 26.3. The predicted molar refractivity (Wildman–Crippen MR) is 81.2 cm³/mol. The predicted octanol–water partition coefficient (Wildman–Crippen LogP) is 2.22. The number of para-hydroxylation sites is 1. The Balaban J connectivity index is 1.98. The van der Waals surface area contributed by atoms with E-state index in [1.54, 1.807) is 24.8 Å². The highest BCUT2D eigenvalue weighted by molar-refractivity contribution is 8.03. The lowest BCUT2D eigenvalue weighted by Gasteiger charge is -2.14. The van der Waals surface area contributed by atoms with E-state index in [1.807, 2.05) is 36.2 Å². The summed E-state index contributed by atoms with van der Waals surface area (Å²) in [5.74, 6) is 0.190. The van der Waals surface area contributed by atoms with Gasteiger partial charge in [0, 0.05) is 11.9 Å². The van der Waals surface area contributed by atoms with Gasteiger partial charge >= 0.3 is 0 Å². The van der Waals surface area contributed by atoms with Gasteiger partial charge in [0.2, 0.25) is 5.43 Å². The smallest absolute Gasteiger partial charge is 0.268 e. The third-order valence-electron chi connectivity index (χ3n) is 3.23. The Kier molecular flexibility index (Phi) is 3.14. The van der Waals surface area contributed by atoms with Crippen molar-refractivity contribution in [2.45, 2.75) is 11.8 Å². The molecule has 20 heavy (non-hydrogen) atoms.